The molecular weight excluding hydrogens is 396 g/mol. The van der Waals surface area contributed by atoms with Crippen LogP contribution in [0.5, 0.6) is 0 Å². The Labute approximate surface area is 180 Å². The lowest BCUT2D eigenvalue weighted by molar-refractivity contribution is -0.134. The van der Waals surface area contributed by atoms with Gasteiger partial charge in [0.25, 0.3) is 0 Å². The van der Waals surface area contributed by atoms with Crippen LogP contribution in [0.4, 0.5) is 5.82 Å². The summed E-state index contributed by atoms with van der Waals surface area (Å²) in [6.45, 7) is 7.26. The highest BCUT2D eigenvalue weighted by Gasteiger charge is 2.33. The summed E-state index contributed by atoms with van der Waals surface area (Å²) >= 11 is 0. The van der Waals surface area contributed by atoms with Gasteiger partial charge in [0.1, 0.15) is 18.0 Å². The number of aryl methyl sites for hydroxylation is 2. The summed E-state index contributed by atoms with van der Waals surface area (Å²) in [4.78, 5) is 37.0. The average Bonchev–Trinajstić information content (AvgIpc) is 3.54. The SMILES string of the molecule is CCn1c(-c2cnc(C)nc2)nc2c(NC3CCN(C(=O)C4CCOC4)C3)ncnc21. The summed E-state index contributed by atoms with van der Waals surface area (Å²) in [6, 6.07) is 0.127. The predicted octanol–water partition coefficient (Wildman–Crippen LogP) is 1.66. The summed E-state index contributed by atoms with van der Waals surface area (Å²) < 4.78 is 7.42. The second kappa shape index (κ2) is 8.18. The Morgan fingerprint density at radius 1 is 1.23 bits per heavy atom. The van der Waals surface area contributed by atoms with Gasteiger partial charge in [-0.15, -0.1) is 0 Å². The Balaban J connectivity index is 1.39. The Morgan fingerprint density at radius 3 is 2.81 bits per heavy atom. The molecule has 10 heteroatoms. The van der Waals surface area contributed by atoms with E-state index < -0.39 is 0 Å². The Kier molecular flexibility index (Phi) is 5.23. The fourth-order valence-electron chi connectivity index (χ4n) is 4.33. The zero-order valence-corrected chi connectivity index (χ0v) is 17.8. The van der Waals surface area contributed by atoms with Gasteiger partial charge in [0.2, 0.25) is 5.91 Å². The van der Waals surface area contributed by atoms with Crippen molar-refractivity contribution in [2.24, 2.45) is 5.92 Å². The van der Waals surface area contributed by atoms with E-state index in [1.165, 1.54) is 0 Å². The van der Waals surface area contributed by atoms with Gasteiger partial charge >= 0.3 is 0 Å². The molecule has 5 heterocycles. The minimum atomic E-state index is 0.00375. The predicted molar refractivity (Wildman–Crippen MR) is 114 cm³/mol. The number of amides is 1. The monoisotopic (exact) mass is 422 g/mol. The van der Waals surface area contributed by atoms with Crippen molar-refractivity contribution in [3.05, 3.63) is 24.5 Å². The van der Waals surface area contributed by atoms with Crippen LogP contribution in [0, 0.1) is 12.8 Å². The van der Waals surface area contributed by atoms with Gasteiger partial charge in [0, 0.05) is 44.7 Å². The molecule has 1 N–H and O–H groups in total. The number of hydrogen-bond acceptors (Lipinski definition) is 8. The van der Waals surface area contributed by atoms with Crippen LogP contribution in [-0.2, 0) is 16.1 Å². The number of carbonyl (C=O) groups excluding carboxylic acids is 1. The molecule has 0 saturated carbocycles. The van der Waals surface area contributed by atoms with E-state index in [4.69, 9.17) is 9.72 Å². The minimum absolute atomic E-state index is 0.00375. The molecule has 10 nitrogen and oxygen atoms in total. The number of fused-ring (bicyclic) bond motifs is 1. The fourth-order valence-corrected chi connectivity index (χ4v) is 4.33. The van der Waals surface area contributed by atoms with Gasteiger partial charge in [0.15, 0.2) is 17.0 Å². The second-order valence-corrected chi connectivity index (χ2v) is 8.07. The van der Waals surface area contributed by atoms with Gasteiger partial charge in [-0.25, -0.2) is 24.9 Å². The first-order valence-electron chi connectivity index (χ1n) is 10.8. The maximum Gasteiger partial charge on any atom is 0.228 e. The quantitative estimate of drug-likeness (QED) is 0.661. The molecule has 2 saturated heterocycles. The highest BCUT2D eigenvalue weighted by molar-refractivity contribution is 5.86. The van der Waals surface area contributed by atoms with Crippen LogP contribution in [0.1, 0.15) is 25.6 Å². The third-order valence-corrected chi connectivity index (χ3v) is 6.01. The van der Waals surface area contributed by atoms with E-state index in [0.717, 1.165) is 42.2 Å². The van der Waals surface area contributed by atoms with E-state index in [1.807, 2.05) is 16.4 Å². The zero-order valence-electron chi connectivity index (χ0n) is 17.8. The van der Waals surface area contributed by atoms with E-state index in [0.29, 0.717) is 37.6 Å². The number of carbonyl (C=O) groups is 1. The van der Waals surface area contributed by atoms with Crippen molar-refractivity contribution in [2.45, 2.75) is 39.3 Å². The van der Waals surface area contributed by atoms with Gasteiger partial charge < -0.3 is 19.5 Å². The van der Waals surface area contributed by atoms with Crippen LogP contribution >= 0.6 is 0 Å². The number of anilines is 1. The first-order chi connectivity index (χ1) is 15.1. The van der Waals surface area contributed by atoms with Gasteiger partial charge in [-0.05, 0) is 26.7 Å². The van der Waals surface area contributed by atoms with E-state index >= 15 is 0 Å². The van der Waals surface area contributed by atoms with Crippen molar-refractivity contribution in [3.8, 4) is 11.4 Å². The van der Waals surface area contributed by atoms with Crippen LogP contribution in [0.25, 0.3) is 22.6 Å². The summed E-state index contributed by atoms with van der Waals surface area (Å²) in [5.74, 6) is 2.38. The number of likely N-dealkylation sites (tertiary alicyclic amines) is 1. The van der Waals surface area contributed by atoms with Gasteiger partial charge in [-0.2, -0.15) is 0 Å². The first kappa shape index (κ1) is 19.8. The van der Waals surface area contributed by atoms with Crippen molar-refractivity contribution in [3.63, 3.8) is 0 Å². The third kappa shape index (κ3) is 3.71. The molecule has 2 atom stereocenters. The maximum atomic E-state index is 12.7. The molecule has 5 rings (SSSR count). The van der Waals surface area contributed by atoms with Crippen molar-refractivity contribution < 1.29 is 9.53 Å². The molecule has 31 heavy (non-hydrogen) atoms. The van der Waals surface area contributed by atoms with Crippen LogP contribution in [0.15, 0.2) is 18.7 Å². The molecule has 0 bridgehead atoms. The molecule has 2 unspecified atom stereocenters. The van der Waals surface area contributed by atoms with Crippen molar-refractivity contribution in [1.82, 2.24) is 34.4 Å². The van der Waals surface area contributed by atoms with E-state index in [1.54, 1.807) is 18.7 Å². The Bertz CT molecular complexity index is 1090. The highest BCUT2D eigenvalue weighted by Crippen LogP contribution is 2.28. The number of nitrogens with zero attached hydrogens (tertiary/aromatic N) is 7. The molecule has 2 aliphatic heterocycles. The first-order valence-corrected chi connectivity index (χ1v) is 10.8. The minimum Gasteiger partial charge on any atom is -0.381 e. The molecule has 1 amide bonds. The number of nitrogens with one attached hydrogen (secondary N) is 1. The smallest absolute Gasteiger partial charge is 0.228 e. The van der Waals surface area contributed by atoms with Gasteiger partial charge in [-0.3, -0.25) is 4.79 Å². The molecule has 0 aliphatic carbocycles. The zero-order chi connectivity index (χ0) is 21.4. The maximum absolute atomic E-state index is 12.7. The highest BCUT2D eigenvalue weighted by atomic mass is 16.5. The number of rotatable bonds is 5. The van der Waals surface area contributed by atoms with E-state index in [-0.39, 0.29) is 17.9 Å². The lowest BCUT2D eigenvalue weighted by Crippen LogP contribution is -2.36. The summed E-state index contributed by atoms with van der Waals surface area (Å²) in [6.07, 6.45) is 6.81. The molecule has 0 aromatic carbocycles. The average molecular weight is 422 g/mol. The molecule has 2 fully saturated rings. The van der Waals surface area contributed by atoms with Crippen LogP contribution < -0.4 is 5.32 Å². The van der Waals surface area contributed by atoms with E-state index in [2.05, 4.69) is 32.2 Å². The largest absolute Gasteiger partial charge is 0.381 e. The third-order valence-electron chi connectivity index (χ3n) is 6.01. The second-order valence-electron chi connectivity index (χ2n) is 8.07. The van der Waals surface area contributed by atoms with Crippen LogP contribution in [0.2, 0.25) is 0 Å². The fraction of sp³-hybridized carbons (Fsp3) is 0.524. The normalized spacial score (nSPS) is 21.2. The summed E-state index contributed by atoms with van der Waals surface area (Å²) in [7, 11) is 0. The van der Waals surface area contributed by atoms with Crippen molar-refractivity contribution in [1.29, 1.82) is 0 Å². The Morgan fingerprint density at radius 2 is 2.06 bits per heavy atom. The lowest BCUT2D eigenvalue weighted by atomic mass is 10.1. The number of hydrogen-bond donors (Lipinski definition) is 1. The van der Waals surface area contributed by atoms with Gasteiger partial charge in [-0.1, -0.05) is 0 Å². The molecule has 3 aromatic rings. The van der Waals surface area contributed by atoms with Crippen molar-refractivity contribution >= 4 is 22.9 Å². The molecule has 0 spiro atoms. The number of imidazole rings is 1. The molecular formula is C21H26N8O2. The lowest BCUT2D eigenvalue weighted by Gasteiger charge is -2.20. The Hall–Kier alpha value is -3.14. The summed E-state index contributed by atoms with van der Waals surface area (Å²) in [5, 5.41) is 3.50. The van der Waals surface area contributed by atoms with Crippen molar-refractivity contribution in [2.75, 3.05) is 31.6 Å². The molecule has 2 aliphatic rings. The van der Waals surface area contributed by atoms with Gasteiger partial charge in [0.05, 0.1) is 18.1 Å². The van der Waals surface area contributed by atoms with Crippen LogP contribution in [-0.4, -0.2) is 72.6 Å². The molecule has 0 radical (unpaired) electrons. The summed E-state index contributed by atoms with van der Waals surface area (Å²) in [5.41, 5.74) is 2.33. The van der Waals surface area contributed by atoms with Crippen LogP contribution in [0.3, 0.4) is 0 Å². The number of aromatic nitrogens is 6. The number of ether oxygens (including phenoxy) is 1. The topological polar surface area (TPSA) is 111 Å². The van der Waals surface area contributed by atoms with E-state index in [9.17, 15) is 4.79 Å². The molecule has 3 aromatic heterocycles. The molecule has 162 valence electrons. The standard InChI is InChI=1S/C21H26N8O2/c1-3-29-19(15-8-22-13(2)23-9-15)27-17-18(24-12-25-20(17)29)26-16-4-6-28(10-16)21(30)14-5-7-31-11-14/h8-9,12,14,16H,3-7,10-11H2,1-2H3,(H,24,25,26).